The maximum absolute atomic E-state index is 13.7. The Morgan fingerprint density at radius 2 is 2.32 bits per heavy atom. The van der Waals surface area contributed by atoms with Crippen LogP contribution in [0.5, 0.6) is 0 Å². The van der Waals surface area contributed by atoms with Crippen LogP contribution in [0.15, 0.2) is 11.3 Å². The van der Waals surface area contributed by atoms with E-state index in [2.05, 4.69) is 0 Å². The Kier molecular flexibility index (Phi) is 3.27. The van der Waals surface area contributed by atoms with Crippen LogP contribution >= 0.6 is 11.8 Å². The number of rotatable bonds is 3. The van der Waals surface area contributed by atoms with Gasteiger partial charge in [-0.05, 0) is 0 Å². The van der Waals surface area contributed by atoms with Gasteiger partial charge in [-0.3, -0.25) is 20.2 Å². The van der Waals surface area contributed by atoms with Gasteiger partial charge < -0.3 is 9.84 Å². The molecule has 0 aromatic carbocycles. The Hall–Kier alpha value is -1.61. The molecule has 1 fully saturated rings. The van der Waals surface area contributed by atoms with Crippen molar-refractivity contribution >= 4 is 29.6 Å². The molecule has 2 rings (SSSR count). The molecule has 2 atom stereocenters. The first-order valence-electron chi connectivity index (χ1n) is 5.28. The number of esters is 1. The number of carbonyl (C=O) groups excluding carboxylic acids is 2. The molecule has 0 aliphatic carbocycles. The molecule has 0 spiro atoms. The zero-order valence-electron chi connectivity index (χ0n) is 9.88. The van der Waals surface area contributed by atoms with Gasteiger partial charge in [-0.2, -0.15) is 0 Å². The number of halogens is 1. The molecule has 0 saturated carbocycles. The van der Waals surface area contributed by atoms with Gasteiger partial charge in [0, 0.05) is 18.2 Å². The molecule has 0 bridgehead atoms. The lowest BCUT2D eigenvalue weighted by atomic mass is 10.0. The highest BCUT2D eigenvalue weighted by Gasteiger charge is 2.63. The largest absolute Gasteiger partial charge is 0.477 e. The molecule has 2 aliphatic heterocycles. The number of alkyl halides is 1. The summed E-state index contributed by atoms with van der Waals surface area (Å²) in [7, 11) is 0. The SMILES string of the molecule is CC(=O)OCC1=C(C(=O)O)N2C(=O)C(N)(F)[C@H]2SC1. The van der Waals surface area contributed by atoms with Crippen LogP contribution in [-0.4, -0.2) is 51.4 Å². The first-order chi connectivity index (χ1) is 8.76. The van der Waals surface area contributed by atoms with Crippen molar-refractivity contribution in [3.8, 4) is 0 Å². The average molecular weight is 290 g/mol. The molecule has 19 heavy (non-hydrogen) atoms. The Bertz CT molecular complexity index is 504. The number of hydrogen-bond acceptors (Lipinski definition) is 6. The molecular formula is C10H11FN2O5S. The summed E-state index contributed by atoms with van der Waals surface area (Å²) in [5, 5.41) is 8.07. The van der Waals surface area contributed by atoms with E-state index in [0.717, 1.165) is 16.7 Å². The van der Waals surface area contributed by atoms with E-state index in [-0.39, 0.29) is 23.6 Å². The van der Waals surface area contributed by atoms with Crippen molar-refractivity contribution in [2.45, 2.75) is 18.1 Å². The van der Waals surface area contributed by atoms with Crippen LogP contribution in [0.2, 0.25) is 0 Å². The van der Waals surface area contributed by atoms with E-state index in [0.29, 0.717) is 0 Å². The van der Waals surface area contributed by atoms with E-state index >= 15 is 0 Å². The molecule has 1 unspecified atom stereocenters. The fourth-order valence-electron chi connectivity index (χ4n) is 1.90. The molecule has 0 aromatic rings. The number of nitrogens with two attached hydrogens (primary N) is 1. The summed E-state index contributed by atoms with van der Waals surface area (Å²) < 4.78 is 18.4. The average Bonchev–Trinajstić information content (AvgIpc) is 2.34. The maximum atomic E-state index is 13.7. The van der Waals surface area contributed by atoms with Gasteiger partial charge in [-0.15, -0.1) is 11.8 Å². The van der Waals surface area contributed by atoms with Crippen molar-refractivity contribution < 1.29 is 28.6 Å². The minimum Gasteiger partial charge on any atom is -0.477 e. The predicted molar refractivity (Wildman–Crippen MR) is 62.4 cm³/mol. The van der Waals surface area contributed by atoms with Gasteiger partial charge in [-0.1, -0.05) is 0 Å². The number of amides is 1. The topological polar surface area (TPSA) is 110 Å². The molecule has 9 heteroatoms. The van der Waals surface area contributed by atoms with Crippen molar-refractivity contribution in [3.05, 3.63) is 11.3 Å². The summed E-state index contributed by atoms with van der Waals surface area (Å²) in [6, 6.07) is 0. The van der Waals surface area contributed by atoms with Gasteiger partial charge in [0.2, 0.25) is 0 Å². The van der Waals surface area contributed by atoms with E-state index in [9.17, 15) is 18.8 Å². The number of ether oxygens (including phenoxy) is 1. The number of aliphatic carboxylic acids is 1. The van der Waals surface area contributed by atoms with Gasteiger partial charge >= 0.3 is 11.9 Å². The standard InChI is InChI=1S/C10H11FN2O5S/c1-4(14)18-2-5-3-19-9-10(11,12)8(17)13(9)6(5)7(15)16/h9H,2-3,12H2,1H3,(H,15,16)/t9-,10?/m1/s1. The molecule has 3 N–H and O–H groups in total. The number of thioether (sulfide) groups is 1. The van der Waals surface area contributed by atoms with Crippen LogP contribution in [0.3, 0.4) is 0 Å². The highest BCUT2D eigenvalue weighted by molar-refractivity contribution is 8.00. The molecule has 1 saturated heterocycles. The number of hydrogen-bond donors (Lipinski definition) is 2. The van der Waals surface area contributed by atoms with Crippen LogP contribution in [-0.2, 0) is 19.1 Å². The zero-order chi connectivity index (χ0) is 14.4. The number of carbonyl (C=O) groups is 3. The summed E-state index contributed by atoms with van der Waals surface area (Å²) in [5.41, 5.74) is 5.06. The van der Waals surface area contributed by atoms with Crippen molar-refractivity contribution in [2.75, 3.05) is 12.4 Å². The molecule has 0 radical (unpaired) electrons. The van der Waals surface area contributed by atoms with Crippen LogP contribution in [0, 0.1) is 0 Å². The van der Waals surface area contributed by atoms with Gasteiger partial charge in [0.1, 0.15) is 17.7 Å². The van der Waals surface area contributed by atoms with Crippen molar-refractivity contribution in [1.29, 1.82) is 0 Å². The minimum absolute atomic E-state index is 0.131. The van der Waals surface area contributed by atoms with Crippen molar-refractivity contribution in [1.82, 2.24) is 4.90 Å². The summed E-state index contributed by atoms with van der Waals surface area (Å²) in [6.07, 6.45) is 0. The summed E-state index contributed by atoms with van der Waals surface area (Å²) in [5.74, 6) is -5.46. The Labute approximate surface area is 111 Å². The lowest BCUT2D eigenvalue weighted by molar-refractivity contribution is -0.165. The van der Waals surface area contributed by atoms with Crippen LogP contribution in [0.4, 0.5) is 4.39 Å². The highest BCUT2D eigenvalue weighted by atomic mass is 32.2. The van der Waals surface area contributed by atoms with Crippen LogP contribution in [0.25, 0.3) is 0 Å². The normalized spacial score (nSPS) is 29.7. The van der Waals surface area contributed by atoms with Gasteiger partial charge in [0.15, 0.2) is 0 Å². The summed E-state index contributed by atoms with van der Waals surface area (Å²) in [4.78, 5) is 34.2. The third kappa shape index (κ3) is 2.08. The van der Waals surface area contributed by atoms with Crippen LogP contribution < -0.4 is 5.73 Å². The lowest BCUT2D eigenvalue weighted by Crippen LogP contribution is -2.75. The van der Waals surface area contributed by atoms with Crippen molar-refractivity contribution in [3.63, 3.8) is 0 Å². The molecule has 0 aromatic heterocycles. The first-order valence-corrected chi connectivity index (χ1v) is 6.33. The second kappa shape index (κ2) is 4.49. The zero-order valence-corrected chi connectivity index (χ0v) is 10.7. The molecule has 2 aliphatic rings. The quantitative estimate of drug-likeness (QED) is 0.407. The molecular weight excluding hydrogens is 279 g/mol. The Morgan fingerprint density at radius 3 is 2.84 bits per heavy atom. The first kappa shape index (κ1) is 13.8. The fourth-order valence-corrected chi connectivity index (χ4v) is 3.18. The Morgan fingerprint density at radius 1 is 1.68 bits per heavy atom. The maximum Gasteiger partial charge on any atom is 0.352 e. The number of carboxylic acids is 1. The fraction of sp³-hybridized carbons (Fsp3) is 0.500. The highest BCUT2D eigenvalue weighted by Crippen LogP contribution is 2.45. The molecule has 7 nitrogen and oxygen atoms in total. The second-order valence-corrected chi connectivity index (χ2v) is 5.21. The van der Waals surface area contributed by atoms with E-state index in [1.54, 1.807) is 0 Å². The second-order valence-electron chi connectivity index (χ2n) is 4.14. The molecule has 2 heterocycles. The lowest BCUT2D eigenvalue weighted by Gasteiger charge is -2.50. The monoisotopic (exact) mass is 290 g/mol. The molecule has 104 valence electrons. The number of β-lactam (4-membered cyclic amide) rings is 1. The Balaban J connectivity index is 2.30. The van der Waals surface area contributed by atoms with E-state index < -0.39 is 29.0 Å². The van der Waals surface area contributed by atoms with Gasteiger partial charge in [0.25, 0.3) is 11.7 Å². The van der Waals surface area contributed by atoms with E-state index in [4.69, 9.17) is 15.6 Å². The summed E-state index contributed by atoms with van der Waals surface area (Å²) >= 11 is 0.997. The van der Waals surface area contributed by atoms with E-state index in [1.807, 2.05) is 0 Å². The van der Waals surface area contributed by atoms with Gasteiger partial charge in [-0.25, -0.2) is 9.18 Å². The van der Waals surface area contributed by atoms with E-state index in [1.165, 1.54) is 6.92 Å². The third-order valence-corrected chi connectivity index (χ3v) is 4.17. The van der Waals surface area contributed by atoms with Crippen LogP contribution in [0.1, 0.15) is 6.92 Å². The third-order valence-electron chi connectivity index (χ3n) is 2.78. The number of carboxylic acid groups (broad SMARTS) is 1. The number of nitrogens with zero attached hydrogens (tertiary/aromatic N) is 1. The molecule has 1 amide bonds. The van der Waals surface area contributed by atoms with Gasteiger partial charge in [0.05, 0.1) is 0 Å². The number of fused-ring (bicyclic) bond motifs is 1. The minimum atomic E-state index is -2.54. The predicted octanol–water partition coefficient (Wildman–Crippen LogP) is -0.572. The smallest absolute Gasteiger partial charge is 0.352 e. The summed E-state index contributed by atoms with van der Waals surface area (Å²) in [6.45, 7) is 0.936. The van der Waals surface area contributed by atoms with Crippen molar-refractivity contribution in [2.24, 2.45) is 5.73 Å².